The highest BCUT2D eigenvalue weighted by molar-refractivity contribution is 5.20. The van der Waals surface area contributed by atoms with Crippen LogP contribution in [0.4, 0.5) is 4.39 Å². The molecule has 1 aliphatic rings. The average Bonchev–Trinajstić information content (AvgIpc) is 2.57. The van der Waals surface area contributed by atoms with Gasteiger partial charge in [-0.15, -0.1) is 0 Å². The first-order valence-corrected chi connectivity index (χ1v) is 6.40. The second-order valence-electron chi connectivity index (χ2n) is 6.37. The van der Waals surface area contributed by atoms with Gasteiger partial charge < -0.3 is 0 Å². The summed E-state index contributed by atoms with van der Waals surface area (Å²) < 4.78 is 12.9. The van der Waals surface area contributed by atoms with Gasteiger partial charge in [0.1, 0.15) is 11.9 Å². The fraction of sp³-hybridized carbons (Fsp3) is 0.600. The van der Waals surface area contributed by atoms with E-state index in [2.05, 4.69) is 27.7 Å². The zero-order chi connectivity index (χ0) is 13.6. The minimum atomic E-state index is -0.205. The lowest BCUT2D eigenvalue weighted by atomic mass is 9.72. The van der Waals surface area contributed by atoms with Gasteiger partial charge in [-0.2, -0.15) is 5.06 Å². The van der Waals surface area contributed by atoms with E-state index in [0.29, 0.717) is 0 Å². The standard InChI is InChI=1S/C15H22FNO/c1-14(2,3)15(4)10-13(18-17(15)5)11-6-8-12(16)9-7-11/h6-9,13H,10H2,1-5H3. The maximum Gasteiger partial charge on any atom is 0.123 e. The highest BCUT2D eigenvalue weighted by Gasteiger charge is 2.49. The lowest BCUT2D eigenvalue weighted by Crippen LogP contribution is -2.48. The Morgan fingerprint density at radius 3 is 2.28 bits per heavy atom. The van der Waals surface area contributed by atoms with Crippen LogP contribution in [0.5, 0.6) is 0 Å². The Balaban J connectivity index is 2.23. The molecule has 0 N–H and O–H groups in total. The summed E-state index contributed by atoms with van der Waals surface area (Å²) >= 11 is 0. The van der Waals surface area contributed by atoms with Crippen LogP contribution in [0.25, 0.3) is 0 Å². The minimum absolute atomic E-state index is 0.0137. The maximum absolute atomic E-state index is 12.9. The van der Waals surface area contributed by atoms with Crippen LogP contribution in [0.3, 0.4) is 0 Å². The molecule has 0 aromatic heterocycles. The normalized spacial score (nSPS) is 29.8. The molecule has 0 spiro atoms. The first-order valence-electron chi connectivity index (χ1n) is 6.40. The molecule has 1 fully saturated rings. The Hall–Kier alpha value is -0.930. The third kappa shape index (κ3) is 2.17. The van der Waals surface area contributed by atoms with Crippen LogP contribution in [0, 0.1) is 11.2 Å². The number of benzene rings is 1. The minimum Gasteiger partial charge on any atom is -0.291 e. The second kappa shape index (κ2) is 4.32. The molecule has 18 heavy (non-hydrogen) atoms. The SMILES string of the molecule is CN1OC(c2ccc(F)cc2)CC1(C)C(C)(C)C. The lowest BCUT2D eigenvalue weighted by Gasteiger charge is -2.42. The van der Waals surface area contributed by atoms with Crippen molar-refractivity contribution in [2.24, 2.45) is 5.41 Å². The first kappa shape index (κ1) is 13.5. The molecule has 0 saturated carbocycles. The molecular formula is C15H22FNO. The predicted molar refractivity (Wildman–Crippen MR) is 70.5 cm³/mol. The molecular weight excluding hydrogens is 229 g/mol. The second-order valence-corrected chi connectivity index (χ2v) is 6.37. The summed E-state index contributed by atoms with van der Waals surface area (Å²) in [4.78, 5) is 5.94. The monoisotopic (exact) mass is 251 g/mol. The van der Waals surface area contributed by atoms with E-state index >= 15 is 0 Å². The van der Waals surface area contributed by atoms with Gasteiger partial charge in [-0.25, -0.2) is 4.39 Å². The lowest BCUT2D eigenvalue weighted by molar-refractivity contribution is -0.187. The van der Waals surface area contributed by atoms with Crippen LogP contribution in [-0.2, 0) is 4.84 Å². The number of halogens is 1. The van der Waals surface area contributed by atoms with E-state index < -0.39 is 0 Å². The third-order valence-corrected chi connectivity index (χ3v) is 4.42. The van der Waals surface area contributed by atoms with Crippen molar-refractivity contribution in [3.05, 3.63) is 35.6 Å². The van der Waals surface area contributed by atoms with Gasteiger partial charge in [0.05, 0.1) is 5.54 Å². The highest BCUT2D eigenvalue weighted by atomic mass is 19.1. The number of rotatable bonds is 1. The van der Waals surface area contributed by atoms with Crippen molar-refractivity contribution >= 4 is 0 Å². The summed E-state index contributed by atoms with van der Waals surface area (Å²) in [6, 6.07) is 6.60. The summed E-state index contributed by atoms with van der Waals surface area (Å²) in [5, 5.41) is 1.96. The van der Waals surface area contributed by atoms with E-state index in [1.807, 2.05) is 24.2 Å². The number of hydrogen-bond donors (Lipinski definition) is 0. The molecule has 1 heterocycles. The van der Waals surface area contributed by atoms with Crippen molar-refractivity contribution < 1.29 is 9.23 Å². The van der Waals surface area contributed by atoms with E-state index in [0.717, 1.165) is 12.0 Å². The third-order valence-electron chi connectivity index (χ3n) is 4.42. The molecule has 1 aromatic rings. The van der Waals surface area contributed by atoms with Crippen molar-refractivity contribution in [2.75, 3.05) is 7.05 Å². The quantitative estimate of drug-likeness (QED) is 0.749. The van der Waals surface area contributed by atoms with E-state index in [4.69, 9.17) is 4.84 Å². The van der Waals surface area contributed by atoms with Crippen molar-refractivity contribution in [3.8, 4) is 0 Å². The maximum atomic E-state index is 12.9. The van der Waals surface area contributed by atoms with Crippen molar-refractivity contribution in [1.29, 1.82) is 0 Å². The van der Waals surface area contributed by atoms with Crippen LogP contribution < -0.4 is 0 Å². The Morgan fingerprint density at radius 2 is 1.83 bits per heavy atom. The summed E-state index contributed by atoms with van der Waals surface area (Å²) in [6.45, 7) is 8.89. The molecule has 1 aromatic carbocycles. The number of nitrogens with zero attached hydrogens (tertiary/aromatic N) is 1. The number of hydroxylamine groups is 2. The Labute approximate surface area is 109 Å². The highest BCUT2D eigenvalue weighted by Crippen LogP contribution is 2.48. The van der Waals surface area contributed by atoms with Gasteiger partial charge in [-0.05, 0) is 30.0 Å². The molecule has 1 saturated heterocycles. The molecule has 100 valence electrons. The molecule has 2 unspecified atom stereocenters. The van der Waals surface area contributed by atoms with Crippen molar-refractivity contribution in [1.82, 2.24) is 5.06 Å². The zero-order valence-corrected chi connectivity index (χ0v) is 11.8. The summed E-state index contributed by atoms with van der Waals surface area (Å²) in [7, 11) is 1.98. The molecule has 0 amide bonds. The molecule has 0 aliphatic carbocycles. The van der Waals surface area contributed by atoms with E-state index in [-0.39, 0.29) is 22.9 Å². The van der Waals surface area contributed by atoms with Crippen LogP contribution in [0.2, 0.25) is 0 Å². The summed E-state index contributed by atoms with van der Waals surface area (Å²) in [6.07, 6.45) is 0.929. The molecule has 2 atom stereocenters. The van der Waals surface area contributed by atoms with Gasteiger partial charge in [0.25, 0.3) is 0 Å². The van der Waals surface area contributed by atoms with E-state index in [9.17, 15) is 4.39 Å². The fourth-order valence-electron chi connectivity index (χ4n) is 2.47. The first-order chi connectivity index (χ1) is 8.24. The van der Waals surface area contributed by atoms with Gasteiger partial charge in [-0.1, -0.05) is 32.9 Å². The number of hydrogen-bond acceptors (Lipinski definition) is 2. The van der Waals surface area contributed by atoms with Gasteiger partial charge >= 0.3 is 0 Å². The van der Waals surface area contributed by atoms with E-state index in [1.54, 1.807) is 0 Å². The molecule has 0 bridgehead atoms. The Kier molecular flexibility index (Phi) is 3.24. The zero-order valence-electron chi connectivity index (χ0n) is 11.8. The molecule has 3 heteroatoms. The average molecular weight is 251 g/mol. The molecule has 0 radical (unpaired) electrons. The van der Waals surface area contributed by atoms with Gasteiger partial charge in [0.15, 0.2) is 0 Å². The van der Waals surface area contributed by atoms with Gasteiger partial charge in [0.2, 0.25) is 0 Å². The van der Waals surface area contributed by atoms with E-state index in [1.165, 1.54) is 12.1 Å². The van der Waals surface area contributed by atoms with Crippen LogP contribution in [-0.4, -0.2) is 17.6 Å². The van der Waals surface area contributed by atoms with Gasteiger partial charge in [0, 0.05) is 13.5 Å². The largest absolute Gasteiger partial charge is 0.291 e. The molecule has 2 nitrogen and oxygen atoms in total. The van der Waals surface area contributed by atoms with Crippen molar-refractivity contribution in [3.63, 3.8) is 0 Å². The fourth-order valence-corrected chi connectivity index (χ4v) is 2.47. The van der Waals surface area contributed by atoms with Gasteiger partial charge in [-0.3, -0.25) is 4.84 Å². The van der Waals surface area contributed by atoms with Crippen LogP contribution >= 0.6 is 0 Å². The molecule has 1 aliphatic heterocycles. The topological polar surface area (TPSA) is 12.5 Å². The predicted octanol–water partition coefficient (Wildman–Crippen LogP) is 3.94. The Bertz CT molecular complexity index is 423. The molecule has 2 rings (SSSR count). The summed E-state index contributed by atoms with van der Waals surface area (Å²) in [5.41, 5.74) is 1.14. The Morgan fingerprint density at radius 1 is 1.28 bits per heavy atom. The van der Waals surface area contributed by atoms with Crippen LogP contribution in [0.1, 0.15) is 45.8 Å². The summed E-state index contributed by atoms with van der Waals surface area (Å²) in [5.74, 6) is -0.205. The van der Waals surface area contributed by atoms with Crippen molar-refractivity contribution in [2.45, 2.75) is 45.8 Å². The van der Waals surface area contributed by atoms with Crippen LogP contribution in [0.15, 0.2) is 24.3 Å². The smallest absolute Gasteiger partial charge is 0.123 e.